The minimum atomic E-state index is -0.185. The highest BCUT2D eigenvalue weighted by molar-refractivity contribution is 7.97. The largest absolute Gasteiger partial charge is 0.367 e. The fraction of sp³-hybridized carbons (Fsp3) is 0.500. The number of carbonyl (C=O) groups is 2. The molecule has 0 radical (unpaired) electrons. The van der Waals surface area contributed by atoms with Crippen molar-refractivity contribution >= 4 is 35.4 Å². The van der Waals surface area contributed by atoms with Crippen LogP contribution in [0, 0.1) is 5.92 Å². The molecule has 9 heteroatoms. The van der Waals surface area contributed by atoms with E-state index in [0.717, 1.165) is 55.1 Å². The molecule has 0 bridgehead atoms. The number of nitrogens with one attached hydrogen (secondary N) is 3. The van der Waals surface area contributed by atoms with Crippen molar-refractivity contribution in [2.45, 2.75) is 109 Å². The fourth-order valence-electron chi connectivity index (χ4n) is 5.90. The summed E-state index contributed by atoms with van der Waals surface area (Å²) in [6.45, 7) is 16.7. The van der Waals surface area contributed by atoms with Gasteiger partial charge in [0, 0.05) is 54.1 Å². The van der Waals surface area contributed by atoms with Crippen molar-refractivity contribution in [1.29, 1.82) is 0 Å². The molecule has 2 unspecified atom stereocenters. The molecule has 1 aromatic carbocycles. The topological polar surface area (TPSA) is 99.2 Å². The first-order chi connectivity index (χ1) is 21.4. The zero-order valence-electron chi connectivity index (χ0n) is 27.9. The Morgan fingerprint density at radius 3 is 2.47 bits per heavy atom. The highest BCUT2D eigenvalue weighted by Crippen LogP contribution is 2.38. The molecule has 3 aromatic rings. The summed E-state index contributed by atoms with van der Waals surface area (Å²) < 4.78 is 3.02. The molecular weight excluding hydrogens is 581 g/mol. The van der Waals surface area contributed by atoms with Gasteiger partial charge in [0.25, 0.3) is 5.91 Å². The van der Waals surface area contributed by atoms with Crippen molar-refractivity contribution in [3.63, 3.8) is 0 Å². The van der Waals surface area contributed by atoms with E-state index in [1.807, 2.05) is 60.7 Å². The van der Waals surface area contributed by atoms with E-state index in [9.17, 15) is 9.59 Å². The van der Waals surface area contributed by atoms with Gasteiger partial charge in [0.2, 0.25) is 5.91 Å². The van der Waals surface area contributed by atoms with Gasteiger partial charge in [-0.25, -0.2) is 9.97 Å². The van der Waals surface area contributed by atoms with Gasteiger partial charge in [-0.15, -0.1) is 0 Å². The van der Waals surface area contributed by atoms with Gasteiger partial charge >= 0.3 is 0 Å². The lowest BCUT2D eigenvalue weighted by Gasteiger charge is -2.34. The van der Waals surface area contributed by atoms with Crippen LogP contribution in [0.2, 0.25) is 0 Å². The molecule has 1 aliphatic rings. The third-order valence-electron chi connectivity index (χ3n) is 8.32. The number of nitrogens with zero attached hydrogens (tertiary/aromatic N) is 3. The Hall–Kier alpha value is -3.59. The van der Waals surface area contributed by atoms with Gasteiger partial charge in [0.15, 0.2) is 0 Å². The van der Waals surface area contributed by atoms with Gasteiger partial charge in [0.1, 0.15) is 16.7 Å². The molecule has 0 aliphatic carbocycles. The number of pyridine rings is 2. The monoisotopic (exact) mass is 630 g/mol. The van der Waals surface area contributed by atoms with E-state index in [0.29, 0.717) is 29.5 Å². The van der Waals surface area contributed by atoms with E-state index in [1.54, 1.807) is 0 Å². The Morgan fingerprint density at radius 2 is 1.80 bits per heavy atom. The minimum absolute atomic E-state index is 0.0650. The van der Waals surface area contributed by atoms with Crippen LogP contribution in [0.4, 0.5) is 11.6 Å². The van der Waals surface area contributed by atoms with Crippen LogP contribution in [0.1, 0.15) is 102 Å². The molecule has 0 spiro atoms. The maximum Gasteiger partial charge on any atom is 0.265 e. The summed E-state index contributed by atoms with van der Waals surface area (Å²) in [6.07, 6.45) is 4.09. The number of rotatable bonds is 13. The lowest BCUT2D eigenvalue weighted by molar-refractivity contribution is -0.121. The molecule has 1 aliphatic heterocycles. The number of hydrogen-bond acceptors (Lipinski definition) is 7. The molecule has 1 saturated heterocycles. The summed E-state index contributed by atoms with van der Waals surface area (Å²) in [5, 5.41) is 7.21. The Kier molecular flexibility index (Phi) is 11.5. The fourth-order valence-corrected chi connectivity index (χ4v) is 6.49. The molecule has 242 valence electrons. The quantitative estimate of drug-likeness (QED) is 0.168. The predicted molar refractivity (Wildman–Crippen MR) is 186 cm³/mol. The zero-order valence-corrected chi connectivity index (χ0v) is 28.8. The molecule has 8 nitrogen and oxygen atoms in total. The average Bonchev–Trinajstić information content (AvgIpc) is 3.29. The van der Waals surface area contributed by atoms with Crippen LogP contribution in [0.15, 0.2) is 65.7 Å². The predicted octanol–water partition coefficient (Wildman–Crippen LogP) is 7.51. The standard InChI is InChI=1S/C36H50N6O2S/c1-8-27(16-12-18-31(43)37-23-26-14-10-9-11-15-26)38-30-17-13-19-32(40-30)45-41-34(44)28-20-21-29(35(3,4)5)39-33(28)42-24-25(2)22-36(42,6)7/h9-11,13-15,17,19-21,25,27H,8,12,16,18,22-24H2,1-7H3,(H,37,43)(H,38,40)(H,41,44). The SMILES string of the molecule is CCC(CCCC(=O)NCc1ccccc1)Nc1cccc(SNC(=O)c2ccc(C(C)(C)C)nc2N2CC(C)CC2(C)C)n1. The molecule has 1 fully saturated rings. The summed E-state index contributed by atoms with van der Waals surface area (Å²) in [6, 6.07) is 19.8. The number of amides is 2. The Labute approximate surface area is 273 Å². The van der Waals surface area contributed by atoms with Gasteiger partial charge < -0.3 is 15.5 Å². The molecule has 2 aromatic heterocycles. The second-order valence-corrected chi connectivity index (χ2v) is 14.7. The molecule has 45 heavy (non-hydrogen) atoms. The first kappa shape index (κ1) is 34.3. The normalized spacial score (nSPS) is 16.7. The second kappa shape index (κ2) is 15.1. The molecule has 2 amide bonds. The smallest absolute Gasteiger partial charge is 0.265 e. The highest BCUT2D eigenvalue weighted by atomic mass is 32.2. The van der Waals surface area contributed by atoms with E-state index in [-0.39, 0.29) is 28.8 Å². The third kappa shape index (κ3) is 9.70. The summed E-state index contributed by atoms with van der Waals surface area (Å²) >= 11 is 1.21. The number of benzene rings is 1. The van der Waals surface area contributed by atoms with Gasteiger partial charge in [-0.1, -0.05) is 71.0 Å². The lowest BCUT2D eigenvalue weighted by atomic mass is 9.91. The van der Waals surface area contributed by atoms with Crippen molar-refractivity contribution in [2.75, 3.05) is 16.8 Å². The van der Waals surface area contributed by atoms with Crippen molar-refractivity contribution in [1.82, 2.24) is 20.0 Å². The zero-order chi connectivity index (χ0) is 32.6. The number of carbonyl (C=O) groups excluding carboxylic acids is 2. The van der Waals surface area contributed by atoms with Crippen molar-refractivity contribution in [3.8, 4) is 0 Å². The number of anilines is 2. The highest BCUT2D eigenvalue weighted by Gasteiger charge is 2.39. The summed E-state index contributed by atoms with van der Waals surface area (Å²) in [5.74, 6) is 1.90. The van der Waals surface area contributed by atoms with E-state index in [4.69, 9.17) is 9.97 Å². The Bertz CT molecular complexity index is 1440. The Morgan fingerprint density at radius 1 is 1.04 bits per heavy atom. The van der Waals surface area contributed by atoms with E-state index < -0.39 is 0 Å². The molecular formula is C36H50N6O2S. The molecule has 3 N–H and O–H groups in total. The van der Waals surface area contributed by atoms with Gasteiger partial charge in [-0.05, 0) is 75.3 Å². The number of aromatic nitrogens is 2. The van der Waals surface area contributed by atoms with Gasteiger partial charge in [0.05, 0.1) is 5.56 Å². The van der Waals surface area contributed by atoms with E-state index >= 15 is 0 Å². The van der Waals surface area contributed by atoms with Crippen LogP contribution in [-0.2, 0) is 16.8 Å². The first-order valence-corrected chi connectivity index (χ1v) is 17.0. The maximum atomic E-state index is 13.6. The molecule has 3 heterocycles. The second-order valence-electron chi connectivity index (χ2n) is 13.8. The van der Waals surface area contributed by atoms with Crippen LogP contribution in [0.5, 0.6) is 0 Å². The van der Waals surface area contributed by atoms with E-state index in [1.165, 1.54) is 11.9 Å². The van der Waals surface area contributed by atoms with Crippen LogP contribution < -0.4 is 20.3 Å². The van der Waals surface area contributed by atoms with E-state index in [2.05, 4.69) is 68.7 Å². The molecule has 0 saturated carbocycles. The summed E-state index contributed by atoms with van der Waals surface area (Å²) in [5.41, 5.74) is 2.42. The van der Waals surface area contributed by atoms with Crippen LogP contribution in [-0.4, -0.2) is 39.9 Å². The minimum Gasteiger partial charge on any atom is -0.367 e. The van der Waals surface area contributed by atoms with Gasteiger partial charge in [-0.2, -0.15) is 0 Å². The first-order valence-electron chi connectivity index (χ1n) is 16.2. The summed E-state index contributed by atoms with van der Waals surface area (Å²) in [7, 11) is 0. The Balaban J connectivity index is 1.34. The molecule has 4 rings (SSSR count). The molecule has 2 atom stereocenters. The van der Waals surface area contributed by atoms with Crippen LogP contribution in [0.25, 0.3) is 0 Å². The van der Waals surface area contributed by atoms with Crippen LogP contribution >= 0.6 is 11.9 Å². The van der Waals surface area contributed by atoms with Crippen LogP contribution in [0.3, 0.4) is 0 Å². The van der Waals surface area contributed by atoms with Crippen molar-refractivity contribution < 1.29 is 9.59 Å². The third-order valence-corrected chi connectivity index (χ3v) is 9.05. The van der Waals surface area contributed by atoms with Gasteiger partial charge in [-0.3, -0.25) is 14.3 Å². The van der Waals surface area contributed by atoms with Crippen molar-refractivity contribution in [2.24, 2.45) is 5.92 Å². The van der Waals surface area contributed by atoms with Crippen molar-refractivity contribution in [3.05, 3.63) is 77.5 Å². The number of hydrogen-bond donors (Lipinski definition) is 3. The maximum absolute atomic E-state index is 13.6. The lowest BCUT2D eigenvalue weighted by Crippen LogP contribution is -2.40. The average molecular weight is 631 g/mol. The summed E-state index contributed by atoms with van der Waals surface area (Å²) in [4.78, 5) is 38.0.